The van der Waals surface area contributed by atoms with Gasteiger partial charge in [-0.2, -0.15) is 18.3 Å². The third-order valence-electron chi connectivity index (χ3n) is 3.09. The first-order valence-corrected chi connectivity index (χ1v) is 6.50. The quantitative estimate of drug-likeness (QED) is 0.860. The van der Waals surface area contributed by atoms with Gasteiger partial charge in [0, 0.05) is 23.9 Å². The Balaban J connectivity index is 2.34. The van der Waals surface area contributed by atoms with Crippen molar-refractivity contribution in [3.05, 3.63) is 52.9 Å². The third-order valence-corrected chi connectivity index (χ3v) is 3.09. The summed E-state index contributed by atoms with van der Waals surface area (Å²) in [5.74, 6) is -1.69. The fraction of sp³-hybridized carbons (Fsp3) is 0.357. The molecule has 3 nitrogen and oxygen atoms in total. The van der Waals surface area contributed by atoms with Gasteiger partial charge < -0.3 is 5.11 Å². The van der Waals surface area contributed by atoms with Crippen LogP contribution in [0.15, 0.2) is 24.4 Å². The maximum atomic E-state index is 13.5. The number of aliphatic hydroxyl groups excluding tert-OH is 1. The van der Waals surface area contributed by atoms with Crippen LogP contribution in [-0.2, 0) is 19.1 Å². The fourth-order valence-electron chi connectivity index (χ4n) is 2.08. The van der Waals surface area contributed by atoms with Gasteiger partial charge in [0.1, 0.15) is 11.6 Å². The van der Waals surface area contributed by atoms with E-state index in [1.54, 1.807) is 0 Å². The van der Waals surface area contributed by atoms with Gasteiger partial charge in [0.2, 0.25) is 0 Å². The van der Waals surface area contributed by atoms with E-state index in [1.807, 2.05) is 0 Å². The number of aliphatic hydroxyl groups is 1. The molecule has 0 unspecified atom stereocenters. The van der Waals surface area contributed by atoms with Crippen LogP contribution in [0.1, 0.15) is 23.2 Å². The maximum absolute atomic E-state index is 13.5. The number of aryl methyl sites for hydroxylation is 1. The molecular formula is C14H13F5N2O. The summed E-state index contributed by atoms with van der Waals surface area (Å²) >= 11 is 0. The number of rotatable bonds is 5. The lowest BCUT2D eigenvalue weighted by atomic mass is 10.1. The fourth-order valence-corrected chi connectivity index (χ4v) is 2.08. The van der Waals surface area contributed by atoms with E-state index in [0.29, 0.717) is 0 Å². The van der Waals surface area contributed by atoms with Crippen LogP contribution in [-0.4, -0.2) is 21.5 Å². The standard InChI is InChI=1S/C14H13F5N2O/c15-11-4-1-5-12(16)10(11)8-21-7-9(3-2-6-22)13(20-21)14(17,18)19/h1,4-5,7,22H,2-3,6,8H2. The summed E-state index contributed by atoms with van der Waals surface area (Å²) in [5, 5.41) is 12.1. The Morgan fingerprint density at radius 3 is 2.32 bits per heavy atom. The normalized spacial score (nSPS) is 11.9. The second kappa shape index (κ2) is 6.43. The van der Waals surface area contributed by atoms with Crippen LogP contribution in [0.25, 0.3) is 0 Å². The molecule has 0 amide bonds. The molecule has 1 aromatic carbocycles. The van der Waals surface area contributed by atoms with Crippen molar-refractivity contribution in [2.24, 2.45) is 0 Å². The van der Waals surface area contributed by atoms with Gasteiger partial charge in [0.15, 0.2) is 5.69 Å². The molecule has 1 aromatic heterocycles. The molecule has 0 radical (unpaired) electrons. The van der Waals surface area contributed by atoms with Crippen molar-refractivity contribution in [3.63, 3.8) is 0 Å². The van der Waals surface area contributed by atoms with Gasteiger partial charge in [-0.3, -0.25) is 4.68 Å². The predicted molar refractivity (Wildman–Crippen MR) is 68.1 cm³/mol. The zero-order valence-electron chi connectivity index (χ0n) is 11.4. The molecule has 8 heteroatoms. The van der Waals surface area contributed by atoms with Crippen molar-refractivity contribution in [2.75, 3.05) is 6.61 Å². The molecule has 1 N–H and O–H groups in total. The molecule has 0 aliphatic heterocycles. The minimum absolute atomic E-state index is 0.0227. The lowest BCUT2D eigenvalue weighted by Crippen LogP contribution is -2.11. The minimum Gasteiger partial charge on any atom is -0.396 e. The van der Waals surface area contributed by atoms with Crippen molar-refractivity contribution < 1.29 is 27.1 Å². The highest BCUT2D eigenvalue weighted by Gasteiger charge is 2.36. The van der Waals surface area contributed by atoms with Gasteiger partial charge in [-0.1, -0.05) is 6.07 Å². The summed E-state index contributed by atoms with van der Waals surface area (Å²) in [5.41, 5.74) is -1.57. The van der Waals surface area contributed by atoms with E-state index >= 15 is 0 Å². The number of alkyl halides is 3. The zero-order valence-corrected chi connectivity index (χ0v) is 11.4. The molecule has 0 spiro atoms. The van der Waals surface area contributed by atoms with Gasteiger partial charge in [-0.15, -0.1) is 0 Å². The van der Waals surface area contributed by atoms with Crippen molar-refractivity contribution in [2.45, 2.75) is 25.6 Å². The van der Waals surface area contributed by atoms with Gasteiger partial charge in [0.25, 0.3) is 0 Å². The Morgan fingerprint density at radius 2 is 1.77 bits per heavy atom. The molecule has 0 saturated heterocycles. The van der Waals surface area contributed by atoms with Gasteiger partial charge in [-0.05, 0) is 25.0 Å². The first-order chi connectivity index (χ1) is 10.3. The van der Waals surface area contributed by atoms with Crippen LogP contribution in [0.3, 0.4) is 0 Å². The predicted octanol–water partition coefficient (Wildman–Crippen LogP) is 3.15. The minimum atomic E-state index is -4.66. The summed E-state index contributed by atoms with van der Waals surface area (Å²) in [4.78, 5) is 0. The first-order valence-electron chi connectivity index (χ1n) is 6.50. The Labute approximate surface area is 123 Å². The number of benzene rings is 1. The van der Waals surface area contributed by atoms with Crippen molar-refractivity contribution >= 4 is 0 Å². The highest BCUT2D eigenvalue weighted by molar-refractivity contribution is 5.23. The largest absolute Gasteiger partial charge is 0.435 e. The first kappa shape index (κ1) is 16.4. The highest BCUT2D eigenvalue weighted by Crippen LogP contribution is 2.31. The van der Waals surface area contributed by atoms with E-state index in [9.17, 15) is 22.0 Å². The number of halogens is 5. The molecule has 0 saturated carbocycles. The van der Waals surface area contributed by atoms with E-state index in [4.69, 9.17) is 5.11 Å². The highest BCUT2D eigenvalue weighted by atomic mass is 19.4. The molecule has 1 heterocycles. The van der Waals surface area contributed by atoms with Crippen molar-refractivity contribution in [1.29, 1.82) is 0 Å². The SMILES string of the molecule is OCCCc1cn(Cc2c(F)cccc2F)nc1C(F)(F)F. The average Bonchev–Trinajstić information content (AvgIpc) is 2.84. The summed E-state index contributed by atoms with van der Waals surface area (Å²) in [7, 11) is 0. The smallest absolute Gasteiger partial charge is 0.396 e. The molecule has 22 heavy (non-hydrogen) atoms. The second-order valence-electron chi connectivity index (χ2n) is 4.73. The van der Waals surface area contributed by atoms with Gasteiger partial charge in [-0.25, -0.2) is 8.78 Å². The molecule has 2 aromatic rings. The number of hydrogen-bond acceptors (Lipinski definition) is 2. The Kier molecular flexibility index (Phi) is 4.80. The molecule has 0 aliphatic rings. The number of nitrogens with zero attached hydrogens (tertiary/aromatic N) is 2. The van der Waals surface area contributed by atoms with Crippen LogP contribution in [0, 0.1) is 11.6 Å². The van der Waals surface area contributed by atoms with E-state index in [-0.39, 0.29) is 30.6 Å². The maximum Gasteiger partial charge on any atom is 0.435 e. The van der Waals surface area contributed by atoms with Crippen LogP contribution >= 0.6 is 0 Å². The molecule has 120 valence electrons. The Bertz CT molecular complexity index is 631. The van der Waals surface area contributed by atoms with Gasteiger partial charge >= 0.3 is 6.18 Å². The second-order valence-corrected chi connectivity index (χ2v) is 4.73. The molecule has 0 fully saturated rings. The molecule has 0 aliphatic carbocycles. The van der Waals surface area contributed by atoms with Crippen molar-refractivity contribution in [1.82, 2.24) is 9.78 Å². The summed E-state index contributed by atoms with van der Waals surface area (Å²) in [6, 6.07) is 3.23. The Morgan fingerprint density at radius 1 is 1.14 bits per heavy atom. The summed E-state index contributed by atoms with van der Waals surface area (Å²) < 4.78 is 66.6. The van der Waals surface area contributed by atoms with Gasteiger partial charge in [0.05, 0.1) is 6.54 Å². The summed E-state index contributed by atoms with van der Waals surface area (Å²) in [6.07, 6.45) is -3.44. The van der Waals surface area contributed by atoms with Crippen LogP contribution in [0.5, 0.6) is 0 Å². The third kappa shape index (κ3) is 3.62. The molecule has 0 atom stereocenters. The molecular weight excluding hydrogens is 307 g/mol. The van der Waals surface area contributed by atoms with Crippen molar-refractivity contribution in [3.8, 4) is 0 Å². The topological polar surface area (TPSA) is 38.0 Å². The van der Waals surface area contributed by atoms with Crippen LogP contribution < -0.4 is 0 Å². The molecule has 0 bridgehead atoms. The average molecular weight is 320 g/mol. The Hall–Kier alpha value is -1.96. The summed E-state index contributed by atoms with van der Waals surface area (Å²) in [6.45, 7) is -0.703. The lowest BCUT2D eigenvalue weighted by Gasteiger charge is -2.06. The van der Waals surface area contributed by atoms with Crippen LogP contribution in [0.2, 0.25) is 0 Å². The van der Waals surface area contributed by atoms with Crippen LogP contribution in [0.4, 0.5) is 22.0 Å². The lowest BCUT2D eigenvalue weighted by molar-refractivity contribution is -0.142. The molecule has 2 rings (SSSR count). The van der Waals surface area contributed by atoms with E-state index in [0.717, 1.165) is 23.0 Å². The van der Waals surface area contributed by atoms with E-state index in [1.165, 1.54) is 6.07 Å². The monoisotopic (exact) mass is 320 g/mol. The number of hydrogen-bond donors (Lipinski definition) is 1. The van der Waals surface area contributed by atoms with E-state index in [2.05, 4.69) is 5.10 Å². The number of aromatic nitrogens is 2. The van der Waals surface area contributed by atoms with E-state index < -0.39 is 30.0 Å². The zero-order chi connectivity index (χ0) is 16.3.